The maximum atomic E-state index is 12.3. The van der Waals surface area contributed by atoms with Gasteiger partial charge in [0.2, 0.25) is 0 Å². The minimum Gasteiger partial charge on any atom is -0.377 e. The lowest BCUT2D eigenvalue weighted by Gasteiger charge is -2.32. The van der Waals surface area contributed by atoms with E-state index in [1.165, 1.54) is 0 Å². The second-order valence-electron chi connectivity index (χ2n) is 4.68. The van der Waals surface area contributed by atoms with Crippen LogP contribution in [0, 0.1) is 0 Å². The highest BCUT2D eigenvalue weighted by atomic mass is 35.5. The van der Waals surface area contributed by atoms with Crippen molar-refractivity contribution >= 4 is 40.7 Å². The third kappa shape index (κ3) is 4.01. The SMILES string of the molecule is O=C(c1ccc(Cl)c(Cl)c1)N1CCC(OCCCl)CC1. The molecule has 3 nitrogen and oxygen atoms in total. The summed E-state index contributed by atoms with van der Waals surface area (Å²) in [6.07, 6.45) is 1.88. The number of piperidine rings is 1. The molecule has 1 saturated heterocycles. The monoisotopic (exact) mass is 335 g/mol. The number of nitrogens with zero attached hydrogens (tertiary/aromatic N) is 1. The number of carbonyl (C=O) groups excluding carboxylic acids is 1. The van der Waals surface area contributed by atoms with Gasteiger partial charge in [-0.2, -0.15) is 0 Å². The van der Waals surface area contributed by atoms with E-state index in [9.17, 15) is 4.79 Å². The van der Waals surface area contributed by atoms with Crippen LogP contribution in [0.1, 0.15) is 23.2 Å². The second-order valence-corrected chi connectivity index (χ2v) is 5.87. The fraction of sp³-hybridized carbons (Fsp3) is 0.500. The molecule has 0 spiro atoms. The number of amides is 1. The molecule has 0 unspecified atom stereocenters. The maximum Gasteiger partial charge on any atom is 0.253 e. The number of ether oxygens (including phenoxy) is 1. The fourth-order valence-corrected chi connectivity index (χ4v) is 2.64. The zero-order valence-corrected chi connectivity index (χ0v) is 13.2. The van der Waals surface area contributed by atoms with E-state index < -0.39 is 0 Å². The molecule has 1 aromatic carbocycles. The molecule has 2 rings (SSSR count). The summed E-state index contributed by atoms with van der Waals surface area (Å²) in [7, 11) is 0. The van der Waals surface area contributed by atoms with Gasteiger partial charge >= 0.3 is 0 Å². The summed E-state index contributed by atoms with van der Waals surface area (Å²) in [6.45, 7) is 1.94. The molecule has 0 saturated carbocycles. The molecule has 0 bridgehead atoms. The number of halogens is 3. The van der Waals surface area contributed by atoms with Gasteiger partial charge in [0.1, 0.15) is 0 Å². The molecule has 1 aliphatic rings. The molecule has 0 radical (unpaired) electrons. The molecule has 0 N–H and O–H groups in total. The van der Waals surface area contributed by atoms with E-state index in [4.69, 9.17) is 39.5 Å². The Morgan fingerprint density at radius 2 is 1.95 bits per heavy atom. The van der Waals surface area contributed by atoms with Gasteiger partial charge in [-0.15, -0.1) is 11.6 Å². The maximum absolute atomic E-state index is 12.3. The van der Waals surface area contributed by atoms with Gasteiger partial charge in [0.05, 0.1) is 22.8 Å². The van der Waals surface area contributed by atoms with E-state index in [0.29, 0.717) is 41.2 Å². The van der Waals surface area contributed by atoms with Crippen molar-refractivity contribution in [2.45, 2.75) is 18.9 Å². The van der Waals surface area contributed by atoms with E-state index in [2.05, 4.69) is 0 Å². The summed E-state index contributed by atoms with van der Waals surface area (Å²) in [5, 5.41) is 0.856. The summed E-state index contributed by atoms with van der Waals surface area (Å²) in [6, 6.07) is 4.96. The van der Waals surface area contributed by atoms with Crippen LogP contribution in [-0.2, 0) is 4.74 Å². The molecule has 0 atom stereocenters. The van der Waals surface area contributed by atoms with Crippen molar-refractivity contribution in [3.05, 3.63) is 33.8 Å². The first kappa shape index (κ1) is 15.9. The minimum atomic E-state index is -0.0145. The Labute approximate surface area is 133 Å². The van der Waals surface area contributed by atoms with E-state index >= 15 is 0 Å². The number of benzene rings is 1. The standard InChI is InChI=1S/C14H16Cl3NO2/c15-5-8-20-11-3-6-18(7-4-11)14(19)10-1-2-12(16)13(17)9-10/h1-2,9,11H,3-8H2. The van der Waals surface area contributed by atoms with Gasteiger partial charge in [0.25, 0.3) is 5.91 Å². The predicted octanol–water partition coefficient (Wildman–Crippen LogP) is 3.85. The first-order chi connectivity index (χ1) is 9.61. The van der Waals surface area contributed by atoms with E-state index in [1.807, 2.05) is 4.90 Å². The van der Waals surface area contributed by atoms with Crippen LogP contribution in [0.25, 0.3) is 0 Å². The molecule has 6 heteroatoms. The lowest BCUT2D eigenvalue weighted by atomic mass is 10.1. The normalized spacial score (nSPS) is 16.4. The average Bonchev–Trinajstić information content (AvgIpc) is 2.48. The van der Waals surface area contributed by atoms with Crippen LogP contribution in [0.15, 0.2) is 18.2 Å². The van der Waals surface area contributed by atoms with Crippen LogP contribution >= 0.6 is 34.8 Å². The first-order valence-electron chi connectivity index (χ1n) is 6.53. The van der Waals surface area contributed by atoms with Crippen LogP contribution in [-0.4, -0.2) is 42.5 Å². The molecule has 1 aliphatic heterocycles. The number of rotatable bonds is 4. The Morgan fingerprint density at radius 3 is 2.55 bits per heavy atom. The van der Waals surface area contributed by atoms with Crippen LogP contribution in [0.4, 0.5) is 0 Å². The average molecular weight is 337 g/mol. The third-order valence-corrected chi connectivity index (χ3v) is 4.22. The Kier molecular flexibility index (Phi) is 5.97. The highest BCUT2D eigenvalue weighted by Gasteiger charge is 2.24. The quantitative estimate of drug-likeness (QED) is 0.782. The van der Waals surface area contributed by atoms with Gasteiger partial charge in [-0.3, -0.25) is 4.79 Å². The molecule has 1 heterocycles. The molecular formula is C14H16Cl3NO2. The summed E-state index contributed by atoms with van der Waals surface area (Å²) >= 11 is 17.4. The summed E-state index contributed by atoms with van der Waals surface area (Å²) in [5.74, 6) is 0.488. The Bertz CT molecular complexity index is 473. The smallest absolute Gasteiger partial charge is 0.253 e. The Hall–Kier alpha value is -0.480. The summed E-state index contributed by atoms with van der Waals surface area (Å²) < 4.78 is 5.59. The van der Waals surface area contributed by atoms with E-state index in [1.54, 1.807) is 18.2 Å². The number of carbonyl (C=O) groups is 1. The van der Waals surface area contributed by atoms with Gasteiger partial charge in [0.15, 0.2) is 0 Å². The van der Waals surface area contributed by atoms with Crippen LogP contribution < -0.4 is 0 Å². The first-order valence-corrected chi connectivity index (χ1v) is 7.82. The second kappa shape index (κ2) is 7.51. The van der Waals surface area contributed by atoms with Gasteiger partial charge in [0, 0.05) is 24.5 Å². The molecule has 20 heavy (non-hydrogen) atoms. The van der Waals surface area contributed by atoms with Crippen LogP contribution in [0.5, 0.6) is 0 Å². The highest BCUT2D eigenvalue weighted by Crippen LogP contribution is 2.24. The highest BCUT2D eigenvalue weighted by molar-refractivity contribution is 6.42. The van der Waals surface area contributed by atoms with Gasteiger partial charge in [-0.05, 0) is 31.0 Å². The third-order valence-electron chi connectivity index (χ3n) is 3.33. The van der Waals surface area contributed by atoms with Gasteiger partial charge in [-0.25, -0.2) is 0 Å². The Balaban J connectivity index is 1.92. The molecule has 1 amide bonds. The number of hydrogen-bond acceptors (Lipinski definition) is 2. The van der Waals surface area contributed by atoms with E-state index in [-0.39, 0.29) is 12.0 Å². The molecule has 110 valence electrons. The topological polar surface area (TPSA) is 29.5 Å². The van der Waals surface area contributed by atoms with Crippen molar-refractivity contribution in [1.82, 2.24) is 4.90 Å². The molecule has 0 aromatic heterocycles. The molecular weight excluding hydrogens is 321 g/mol. The van der Waals surface area contributed by atoms with Gasteiger partial charge < -0.3 is 9.64 Å². The van der Waals surface area contributed by atoms with Crippen molar-refractivity contribution in [3.8, 4) is 0 Å². The van der Waals surface area contributed by atoms with E-state index in [0.717, 1.165) is 12.8 Å². The van der Waals surface area contributed by atoms with Crippen LogP contribution in [0.2, 0.25) is 10.0 Å². The van der Waals surface area contributed by atoms with Crippen molar-refractivity contribution in [3.63, 3.8) is 0 Å². The zero-order chi connectivity index (χ0) is 14.5. The van der Waals surface area contributed by atoms with Crippen molar-refractivity contribution in [2.24, 2.45) is 0 Å². The number of likely N-dealkylation sites (tertiary alicyclic amines) is 1. The largest absolute Gasteiger partial charge is 0.377 e. The van der Waals surface area contributed by atoms with Crippen molar-refractivity contribution in [2.75, 3.05) is 25.6 Å². The van der Waals surface area contributed by atoms with Crippen molar-refractivity contribution < 1.29 is 9.53 Å². The number of alkyl halides is 1. The lowest BCUT2D eigenvalue weighted by molar-refractivity contribution is 0.0154. The van der Waals surface area contributed by atoms with Gasteiger partial charge in [-0.1, -0.05) is 23.2 Å². The zero-order valence-electron chi connectivity index (χ0n) is 10.9. The summed E-state index contributed by atoms with van der Waals surface area (Å²) in [4.78, 5) is 14.2. The predicted molar refractivity (Wildman–Crippen MR) is 82.1 cm³/mol. The molecule has 1 fully saturated rings. The number of hydrogen-bond donors (Lipinski definition) is 0. The summed E-state index contributed by atoms with van der Waals surface area (Å²) in [5.41, 5.74) is 0.569. The Morgan fingerprint density at radius 1 is 1.25 bits per heavy atom. The lowest BCUT2D eigenvalue weighted by Crippen LogP contribution is -2.41. The van der Waals surface area contributed by atoms with Crippen molar-refractivity contribution in [1.29, 1.82) is 0 Å². The molecule has 1 aromatic rings. The minimum absolute atomic E-state index is 0.0145. The van der Waals surface area contributed by atoms with Crippen LogP contribution in [0.3, 0.4) is 0 Å². The fourth-order valence-electron chi connectivity index (χ4n) is 2.25. The molecule has 0 aliphatic carbocycles.